The number of hydrogen-bond acceptors (Lipinski definition) is 6. The van der Waals surface area contributed by atoms with Crippen LogP contribution in [0.3, 0.4) is 0 Å². The lowest BCUT2D eigenvalue weighted by atomic mass is 10.2. The molecule has 0 spiro atoms. The maximum Gasteiger partial charge on any atom is 0.270 e. The average molecular weight is 342 g/mol. The molecule has 0 atom stereocenters. The molecule has 0 aromatic heterocycles. The van der Waals surface area contributed by atoms with Crippen LogP contribution < -0.4 is 15.5 Å². The molecule has 2 N–H and O–H groups in total. The zero-order valence-corrected chi connectivity index (χ0v) is 13.9. The first-order valence-corrected chi connectivity index (χ1v) is 7.45. The summed E-state index contributed by atoms with van der Waals surface area (Å²) in [7, 11) is 1.45. The number of non-ortho nitro benzene ring substituents is 1. The van der Waals surface area contributed by atoms with Crippen molar-refractivity contribution in [3.63, 3.8) is 0 Å². The Morgan fingerprint density at radius 2 is 2.08 bits per heavy atom. The predicted octanol–water partition coefficient (Wildman–Crippen LogP) is 2.47. The van der Waals surface area contributed by atoms with Crippen molar-refractivity contribution in [3.05, 3.63) is 63.7 Å². The van der Waals surface area contributed by atoms with Crippen LogP contribution >= 0.6 is 0 Å². The third kappa shape index (κ3) is 5.03. The lowest BCUT2D eigenvalue weighted by Gasteiger charge is -2.08. The van der Waals surface area contributed by atoms with E-state index < -0.39 is 4.92 Å². The van der Waals surface area contributed by atoms with Gasteiger partial charge >= 0.3 is 0 Å². The molecular weight excluding hydrogens is 324 g/mol. The molecule has 130 valence electrons. The van der Waals surface area contributed by atoms with Crippen molar-refractivity contribution in [1.29, 1.82) is 0 Å². The monoisotopic (exact) mass is 342 g/mol. The molecule has 0 radical (unpaired) electrons. The Balaban J connectivity index is 1.96. The first-order chi connectivity index (χ1) is 12.0. The number of ether oxygens (including phenoxy) is 1. The van der Waals surface area contributed by atoms with Crippen molar-refractivity contribution < 1.29 is 14.5 Å². The number of nitrogens with one attached hydrogen (secondary N) is 2. The maximum atomic E-state index is 11.8. The van der Waals surface area contributed by atoms with Crippen LogP contribution in [-0.2, 0) is 4.79 Å². The smallest absolute Gasteiger partial charge is 0.270 e. The molecule has 0 fully saturated rings. The largest absolute Gasteiger partial charge is 0.496 e. The van der Waals surface area contributed by atoms with Gasteiger partial charge in [-0.2, -0.15) is 5.10 Å². The van der Waals surface area contributed by atoms with Crippen molar-refractivity contribution in [2.24, 2.45) is 5.10 Å². The van der Waals surface area contributed by atoms with Crippen LogP contribution in [0.1, 0.15) is 11.1 Å². The lowest BCUT2D eigenvalue weighted by Crippen LogP contribution is -2.26. The fourth-order valence-electron chi connectivity index (χ4n) is 2.10. The summed E-state index contributed by atoms with van der Waals surface area (Å²) in [6, 6.07) is 11.7. The number of anilines is 1. The van der Waals surface area contributed by atoms with Crippen LogP contribution in [0.2, 0.25) is 0 Å². The van der Waals surface area contributed by atoms with Gasteiger partial charge in [-0.05, 0) is 24.6 Å². The molecular formula is C17H18N4O4. The minimum Gasteiger partial charge on any atom is -0.496 e. The van der Waals surface area contributed by atoms with E-state index in [9.17, 15) is 14.9 Å². The summed E-state index contributed by atoms with van der Waals surface area (Å²) in [5, 5.41) is 17.7. The molecule has 0 aliphatic rings. The maximum absolute atomic E-state index is 11.8. The van der Waals surface area contributed by atoms with Gasteiger partial charge in [0.2, 0.25) is 0 Å². The average Bonchev–Trinajstić information content (AvgIpc) is 2.61. The Morgan fingerprint density at radius 3 is 2.76 bits per heavy atom. The molecule has 2 rings (SSSR count). The van der Waals surface area contributed by atoms with Crippen LogP contribution in [0.4, 0.5) is 11.4 Å². The number of benzene rings is 2. The molecule has 0 heterocycles. The fourth-order valence-corrected chi connectivity index (χ4v) is 2.10. The zero-order chi connectivity index (χ0) is 18.2. The number of para-hydroxylation sites is 1. The van der Waals surface area contributed by atoms with Crippen molar-refractivity contribution in [2.75, 3.05) is 19.0 Å². The number of methoxy groups -OCH3 is 1. The second-order valence-corrected chi connectivity index (χ2v) is 5.15. The van der Waals surface area contributed by atoms with E-state index in [1.54, 1.807) is 0 Å². The zero-order valence-electron chi connectivity index (χ0n) is 13.9. The second-order valence-electron chi connectivity index (χ2n) is 5.15. The van der Waals surface area contributed by atoms with E-state index in [-0.39, 0.29) is 18.1 Å². The molecule has 2 aromatic rings. The summed E-state index contributed by atoms with van der Waals surface area (Å²) >= 11 is 0. The molecule has 0 aliphatic carbocycles. The molecule has 0 unspecified atom stereocenters. The number of rotatable bonds is 7. The van der Waals surface area contributed by atoms with Crippen LogP contribution in [-0.4, -0.2) is 30.7 Å². The van der Waals surface area contributed by atoms with E-state index in [1.807, 2.05) is 31.2 Å². The highest BCUT2D eigenvalue weighted by Gasteiger charge is 2.10. The summed E-state index contributed by atoms with van der Waals surface area (Å²) in [6.45, 7) is 1.99. The number of amides is 1. The molecule has 0 saturated heterocycles. The van der Waals surface area contributed by atoms with Gasteiger partial charge in [-0.3, -0.25) is 14.9 Å². The topological polar surface area (TPSA) is 106 Å². The van der Waals surface area contributed by atoms with Gasteiger partial charge in [-0.25, -0.2) is 5.43 Å². The van der Waals surface area contributed by atoms with Crippen LogP contribution in [0, 0.1) is 17.0 Å². The minimum atomic E-state index is -0.512. The summed E-state index contributed by atoms with van der Waals surface area (Å²) in [5.41, 5.74) is 4.56. The number of hydrogen-bond donors (Lipinski definition) is 2. The standard InChI is InChI=1S/C17H18N4O4/c1-12-5-3-4-6-15(12)18-11-17(22)20-19-10-13-9-14(21(23)24)7-8-16(13)25-2/h3-10,18H,11H2,1-2H3,(H,20,22)/b19-10+. The van der Waals surface area contributed by atoms with Crippen molar-refractivity contribution >= 4 is 23.5 Å². The normalized spacial score (nSPS) is 10.5. The highest BCUT2D eigenvalue weighted by molar-refractivity contribution is 5.87. The van der Waals surface area contributed by atoms with Gasteiger partial charge in [0.25, 0.3) is 11.6 Å². The van der Waals surface area contributed by atoms with E-state index in [0.717, 1.165) is 11.3 Å². The van der Waals surface area contributed by atoms with Crippen LogP contribution in [0.25, 0.3) is 0 Å². The van der Waals surface area contributed by atoms with Crippen molar-refractivity contribution in [2.45, 2.75) is 6.92 Å². The predicted molar refractivity (Wildman–Crippen MR) is 95.1 cm³/mol. The summed E-state index contributed by atoms with van der Waals surface area (Å²) < 4.78 is 5.12. The first kappa shape index (κ1) is 17.9. The van der Waals surface area contributed by atoms with Gasteiger partial charge in [0.15, 0.2) is 0 Å². The number of carbonyl (C=O) groups is 1. The summed E-state index contributed by atoms with van der Waals surface area (Å²) in [6.07, 6.45) is 1.30. The molecule has 8 heteroatoms. The third-order valence-electron chi connectivity index (χ3n) is 3.40. The molecule has 0 aliphatic heterocycles. The number of hydrazone groups is 1. The molecule has 1 amide bonds. The van der Waals surface area contributed by atoms with E-state index in [1.165, 1.54) is 31.5 Å². The van der Waals surface area contributed by atoms with E-state index in [4.69, 9.17) is 4.74 Å². The van der Waals surface area contributed by atoms with Crippen LogP contribution in [0.15, 0.2) is 47.6 Å². The second kappa shape index (κ2) is 8.44. The van der Waals surface area contributed by atoms with Crippen molar-refractivity contribution in [3.8, 4) is 5.75 Å². The highest BCUT2D eigenvalue weighted by atomic mass is 16.6. The van der Waals surface area contributed by atoms with Gasteiger partial charge in [0.1, 0.15) is 5.75 Å². The number of aryl methyl sites for hydroxylation is 1. The Kier molecular flexibility index (Phi) is 6.05. The highest BCUT2D eigenvalue weighted by Crippen LogP contribution is 2.22. The van der Waals surface area contributed by atoms with Crippen molar-refractivity contribution in [1.82, 2.24) is 5.43 Å². The lowest BCUT2D eigenvalue weighted by molar-refractivity contribution is -0.384. The fraction of sp³-hybridized carbons (Fsp3) is 0.176. The van der Waals surface area contributed by atoms with Crippen LogP contribution in [0.5, 0.6) is 5.75 Å². The van der Waals surface area contributed by atoms with Gasteiger partial charge in [0, 0.05) is 23.4 Å². The Labute approximate surface area is 144 Å². The molecule has 0 bridgehead atoms. The summed E-state index contributed by atoms with van der Waals surface area (Å²) in [5.74, 6) is 0.0746. The van der Waals surface area contributed by atoms with E-state index in [2.05, 4.69) is 15.8 Å². The van der Waals surface area contributed by atoms with E-state index in [0.29, 0.717) is 11.3 Å². The summed E-state index contributed by atoms with van der Waals surface area (Å²) in [4.78, 5) is 22.1. The number of nitro benzene ring substituents is 1. The quantitative estimate of drug-likeness (QED) is 0.457. The molecule has 0 saturated carbocycles. The minimum absolute atomic E-state index is 0.0499. The van der Waals surface area contributed by atoms with Gasteiger partial charge in [0.05, 0.1) is 24.8 Å². The first-order valence-electron chi connectivity index (χ1n) is 7.45. The number of carbonyl (C=O) groups excluding carboxylic acids is 1. The molecule has 2 aromatic carbocycles. The Bertz CT molecular complexity index is 805. The van der Waals surface area contributed by atoms with Gasteiger partial charge in [-0.1, -0.05) is 18.2 Å². The SMILES string of the molecule is COc1ccc([N+](=O)[O-])cc1/C=N/NC(=O)CNc1ccccc1C. The Hall–Kier alpha value is -3.42. The molecule has 8 nitrogen and oxygen atoms in total. The number of nitro groups is 1. The number of nitrogens with zero attached hydrogens (tertiary/aromatic N) is 2. The Morgan fingerprint density at radius 1 is 1.32 bits per heavy atom. The van der Waals surface area contributed by atoms with E-state index >= 15 is 0 Å². The van der Waals surface area contributed by atoms with Gasteiger partial charge < -0.3 is 10.1 Å². The third-order valence-corrected chi connectivity index (χ3v) is 3.40. The molecule has 25 heavy (non-hydrogen) atoms. The van der Waals surface area contributed by atoms with Gasteiger partial charge in [-0.15, -0.1) is 0 Å².